The van der Waals surface area contributed by atoms with Gasteiger partial charge in [-0.1, -0.05) is 23.7 Å². The highest BCUT2D eigenvalue weighted by Gasteiger charge is 2.33. The standard InChI is InChI=1S/C13H15ClO3/c1-16-13(15)12(11-3-2-8-17-11)9-4-6-10(14)7-5-9/h4-7,11-12H,2-3,8H2,1H3/t11-,12+/m1/s1. The minimum absolute atomic E-state index is 0.0800. The monoisotopic (exact) mass is 254 g/mol. The lowest BCUT2D eigenvalue weighted by molar-refractivity contribution is -0.145. The third-order valence-electron chi connectivity index (χ3n) is 3.02. The van der Waals surface area contributed by atoms with Crippen molar-refractivity contribution in [1.29, 1.82) is 0 Å². The molecule has 0 aliphatic carbocycles. The molecule has 0 bridgehead atoms. The Bertz CT molecular complexity index is 382. The van der Waals surface area contributed by atoms with E-state index in [2.05, 4.69) is 0 Å². The summed E-state index contributed by atoms with van der Waals surface area (Å²) in [5.74, 6) is -0.598. The molecule has 1 aliphatic rings. The first kappa shape index (κ1) is 12.4. The number of hydrogen-bond acceptors (Lipinski definition) is 3. The maximum absolute atomic E-state index is 11.8. The van der Waals surface area contributed by atoms with Gasteiger partial charge in [-0.05, 0) is 30.5 Å². The smallest absolute Gasteiger partial charge is 0.315 e. The van der Waals surface area contributed by atoms with Crippen LogP contribution in [0.15, 0.2) is 24.3 Å². The lowest BCUT2D eigenvalue weighted by Gasteiger charge is -2.20. The van der Waals surface area contributed by atoms with E-state index >= 15 is 0 Å². The zero-order valence-electron chi connectivity index (χ0n) is 9.69. The Kier molecular flexibility index (Phi) is 4.02. The molecule has 1 saturated heterocycles. The van der Waals surface area contributed by atoms with Gasteiger partial charge in [-0.15, -0.1) is 0 Å². The topological polar surface area (TPSA) is 35.5 Å². The van der Waals surface area contributed by atoms with Gasteiger partial charge >= 0.3 is 5.97 Å². The van der Waals surface area contributed by atoms with Crippen molar-refractivity contribution in [2.45, 2.75) is 24.9 Å². The highest BCUT2D eigenvalue weighted by Crippen LogP contribution is 2.30. The van der Waals surface area contributed by atoms with Crippen LogP contribution in [0, 0.1) is 0 Å². The van der Waals surface area contributed by atoms with E-state index in [9.17, 15) is 4.79 Å². The van der Waals surface area contributed by atoms with Gasteiger partial charge in [-0.25, -0.2) is 0 Å². The molecule has 0 aromatic heterocycles. The molecular weight excluding hydrogens is 240 g/mol. The summed E-state index contributed by atoms with van der Waals surface area (Å²) in [4.78, 5) is 11.8. The summed E-state index contributed by atoms with van der Waals surface area (Å²) in [7, 11) is 1.40. The number of benzene rings is 1. The summed E-state index contributed by atoms with van der Waals surface area (Å²) in [5.41, 5.74) is 0.896. The third kappa shape index (κ3) is 2.79. The molecule has 0 saturated carbocycles. The van der Waals surface area contributed by atoms with E-state index in [1.54, 1.807) is 12.1 Å². The highest BCUT2D eigenvalue weighted by molar-refractivity contribution is 6.30. The number of halogens is 1. The van der Waals surface area contributed by atoms with Crippen molar-refractivity contribution >= 4 is 17.6 Å². The molecule has 3 nitrogen and oxygen atoms in total. The number of hydrogen-bond donors (Lipinski definition) is 0. The largest absolute Gasteiger partial charge is 0.468 e. The zero-order valence-corrected chi connectivity index (χ0v) is 10.4. The Morgan fingerprint density at radius 2 is 2.18 bits per heavy atom. The van der Waals surface area contributed by atoms with Gasteiger partial charge in [0.25, 0.3) is 0 Å². The molecule has 1 aromatic rings. The van der Waals surface area contributed by atoms with Crippen molar-refractivity contribution in [3.8, 4) is 0 Å². The van der Waals surface area contributed by atoms with E-state index < -0.39 is 0 Å². The molecule has 0 unspecified atom stereocenters. The van der Waals surface area contributed by atoms with Crippen LogP contribution in [0.1, 0.15) is 24.3 Å². The van der Waals surface area contributed by atoms with E-state index in [1.807, 2.05) is 12.1 Å². The summed E-state index contributed by atoms with van der Waals surface area (Å²) in [6.45, 7) is 0.714. The number of carbonyl (C=O) groups excluding carboxylic acids is 1. The molecule has 0 amide bonds. The fraction of sp³-hybridized carbons (Fsp3) is 0.462. The number of methoxy groups -OCH3 is 1. The molecule has 17 heavy (non-hydrogen) atoms. The third-order valence-corrected chi connectivity index (χ3v) is 3.27. The van der Waals surface area contributed by atoms with Gasteiger partial charge in [-0.2, -0.15) is 0 Å². The molecule has 2 rings (SSSR count). The van der Waals surface area contributed by atoms with Gasteiger partial charge in [0.1, 0.15) is 5.92 Å². The van der Waals surface area contributed by atoms with Gasteiger partial charge in [0, 0.05) is 11.6 Å². The first-order valence-electron chi connectivity index (χ1n) is 5.67. The Hall–Kier alpha value is -1.06. The van der Waals surface area contributed by atoms with Crippen LogP contribution >= 0.6 is 11.6 Å². The van der Waals surface area contributed by atoms with Crippen molar-refractivity contribution < 1.29 is 14.3 Å². The average molecular weight is 255 g/mol. The molecular formula is C13H15ClO3. The summed E-state index contributed by atoms with van der Waals surface area (Å²) in [6, 6.07) is 7.26. The van der Waals surface area contributed by atoms with E-state index in [4.69, 9.17) is 21.1 Å². The summed E-state index contributed by atoms with van der Waals surface area (Å²) < 4.78 is 10.4. The second-order valence-corrected chi connectivity index (χ2v) is 4.54. The summed E-state index contributed by atoms with van der Waals surface area (Å²) in [6.07, 6.45) is 1.80. The van der Waals surface area contributed by atoms with Gasteiger partial charge in [0.05, 0.1) is 13.2 Å². The molecule has 0 radical (unpaired) electrons. The summed E-state index contributed by atoms with van der Waals surface area (Å²) >= 11 is 5.84. The molecule has 92 valence electrons. The minimum atomic E-state index is -0.347. The van der Waals surface area contributed by atoms with Crippen LogP contribution in [0.2, 0.25) is 5.02 Å². The van der Waals surface area contributed by atoms with Crippen molar-refractivity contribution in [2.24, 2.45) is 0 Å². The Morgan fingerprint density at radius 1 is 1.47 bits per heavy atom. The molecule has 0 N–H and O–H groups in total. The van der Waals surface area contributed by atoms with Crippen molar-refractivity contribution in [3.05, 3.63) is 34.9 Å². The van der Waals surface area contributed by atoms with Gasteiger partial charge in [0.2, 0.25) is 0 Å². The molecule has 1 heterocycles. The fourth-order valence-corrected chi connectivity index (χ4v) is 2.29. The second-order valence-electron chi connectivity index (χ2n) is 4.10. The van der Waals surface area contributed by atoms with E-state index in [-0.39, 0.29) is 18.0 Å². The average Bonchev–Trinajstić information content (AvgIpc) is 2.85. The highest BCUT2D eigenvalue weighted by atomic mass is 35.5. The van der Waals surface area contributed by atoms with E-state index in [1.165, 1.54) is 7.11 Å². The maximum Gasteiger partial charge on any atom is 0.315 e. The van der Waals surface area contributed by atoms with Gasteiger partial charge in [0.15, 0.2) is 0 Å². The van der Waals surface area contributed by atoms with Gasteiger partial charge in [-0.3, -0.25) is 4.79 Å². The predicted octanol–water partition coefficient (Wildman–Crippen LogP) is 2.78. The zero-order chi connectivity index (χ0) is 12.3. The maximum atomic E-state index is 11.8. The number of carbonyl (C=O) groups is 1. The lowest BCUT2D eigenvalue weighted by Crippen LogP contribution is -2.26. The lowest BCUT2D eigenvalue weighted by atomic mass is 9.92. The van der Waals surface area contributed by atoms with Crippen LogP contribution in [-0.4, -0.2) is 25.8 Å². The Balaban J connectivity index is 2.25. The van der Waals surface area contributed by atoms with Crippen LogP contribution in [0.3, 0.4) is 0 Å². The predicted molar refractivity (Wildman–Crippen MR) is 65.2 cm³/mol. The SMILES string of the molecule is COC(=O)[C@@H](c1ccc(Cl)cc1)[C@H]1CCCO1. The normalized spacial score (nSPS) is 21.2. The van der Waals surface area contributed by atoms with Crippen molar-refractivity contribution in [1.82, 2.24) is 0 Å². The molecule has 1 fully saturated rings. The van der Waals surface area contributed by atoms with Gasteiger partial charge < -0.3 is 9.47 Å². The van der Waals surface area contributed by atoms with Crippen LogP contribution in [0.25, 0.3) is 0 Å². The quantitative estimate of drug-likeness (QED) is 0.778. The van der Waals surface area contributed by atoms with Crippen molar-refractivity contribution in [3.63, 3.8) is 0 Å². The van der Waals surface area contributed by atoms with Crippen molar-refractivity contribution in [2.75, 3.05) is 13.7 Å². The first-order valence-corrected chi connectivity index (χ1v) is 6.05. The number of ether oxygens (including phenoxy) is 2. The van der Waals surface area contributed by atoms with Crippen LogP contribution in [0.5, 0.6) is 0 Å². The second kappa shape index (κ2) is 5.52. The van der Waals surface area contributed by atoms with E-state index in [0.717, 1.165) is 18.4 Å². The minimum Gasteiger partial charge on any atom is -0.468 e. The first-order chi connectivity index (χ1) is 8.22. The molecule has 0 spiro atoms. The van der Waals surface area contributed by atoms with Crippen LogP contribution < -0.4 is 0 Å². The fourth-order valence-electron chi connectivity index (χ4n) is 2.17. The molecule has 1 aliphatic heterocycles. The summed E-state index contributed by atoms with van der Waals surface area (Å²) in [5, 5.41) is 0.657. The van der Waals surface area contributed by atoms with Crippen LogP contribution in [0.4, 0.5) is 0 Å². The molecule has 1 aromatic carbocycles. The molecule has 2 atom stereocenters. The number of rotatable bonds is 3. The number of esters is 1. The Morgan fingerprint density at radius 3 is 2.71 bits per heavy atom. The Labute approximate surface area is 106 Å². The van der Waals surface area contributed by atoms with Crippen LogP contribution in [-0.2, 0) is 14.3 Å². The molecule has 4 heteroatoms. The van der Waals surface area contributed by atoms with E-state index in [0.29, 0.717) is 11.6 Å².